The van der Waals surface area contributed by atoms with Gasteiger partial charge < -0.3 is 15.3 Å². The van der Waals surface area contributed by atoms with Crippen LogP contribution in [0.1, 0.15) is 41.8 Å². The Morgan fingerprint density at radius 1 is 1.28 bits per heavy atom. The lowest BCUT2D eigenvalue weighted by Crippen LogP contribution is -2.25. The molecule has 2 N–H and O–H groups in total. The van der Waals surface area contributed by atoms with Crippen molar-refractivity contribution in [1.29, 1.82) is 0 Å². The van der Waals surface area contributed by atoms with E-state index in [1.165, 1.54) is 6.07 Å². The molecule has 0 fully saturated rings. The van der Waals surface area contributed by atoms with Gasteiger partial charge in [-0.1, -0.05) is 13.0 Å². The van der Waals surface area contributed by atoms with Crippen molar-refractivity contribution in [2.24, 2.45) is 0 Å². The Balaban J connectivity index is 1.99. The van der Waals surface area contributed by atoms with Crippen molar-refractivity contribution in [3.63, 3.8) is 0 Å². The van der Waals surface area contributed by atoms with Crippen LogP contribution in [0.2, 0.25) is 0 Å². The Labute approximate surface area is 147 Å². The van der Waals surface area contributed by atoms with Gasteiger partial charge in [-0.25, -0.2) is 9.37 Å². The van der Waals surface area contributed by atoms with E-state index in [0.717, 1.165) is 30.9 Å². The normalized spacial score (nSPS) is 10.6. The summed E-state index contributed by atoms with van der Waals surface area (Å²) in [5.74, 6) is 0.157. The van der Waals surface area contributed by atoms with Gasteiger partial charge in [-0.2, -0.15) is 0 Å². The Bertz CT molecular complexity index is 704. The van der Waals surface area contributed by atoms with Gasteiger partial charge in [0, 0.05) is 31.4 Å². The fourth-order valence-electron chi connectivity index (χ4n) is 2.56. The number of anilines is 1. The van der Waals surface area contributed by atoms with Crippen LogP contribution in [0, 0.1) is 5.82 Å². The number of halogens is 1. The largest absolute Gasteiger partial charge is 0.392 e. The predicted molar refractivity (Wildman–Crippen MR) is 95.9 cm³/mol. The highest BCUT2D eigenvalue weighted by atomic mass is 19.1. The van der Waals surface area contributed by atoms with E-state index in [1.54, 1.807) is 24.4 Å². The lowest BCUT2D eigenvalue weighted by Gasteiger charge is -2.21. The number of hydrogen-bond donors (Lipinski definition) is 2. The van der Waals surface area contributed by atoms with Gasteiger partial charge in [-0.3, -0.25) is 4.79 Å². The lowest BCUT2D eigenvalue weighted by molar-refractivity contribution is 0.0950. The van der Waals surface area contributed by atoms with Crippen molar-refractivity contribution in [2.75, 3.05) is 18.0 Å². The first-order valence-electron chi connectivity index (χ1n) is 8.46. The van der Waals surface area contributed by atoms with Crippen LogP contribution < -0.4 is 10.2 Å². The average Bonchev–Trinajstić information content (AvgIpc) is 2.65. The zero-order valence-electron chi connectivity index (χ0n) is 14.6. The molecule has 0 spiro atoms. The van der Waals surface area contributed by atoms with Crippen LogP contribution in [-0.2, 0) is 13.2 Å². The molecule has 0 bridgehead atoms. The van der Waals surface area contributed by atoms with Crippen LogP contribution in [0.4, 0.5) is 10.2 Å². The Morgan fingerprint density at radius 3 is 2.68 bits per heavy atom. The van der Waals surface area contributed by atoms with Gasteiger partial charge in [0.05, 0.1) is 12.2 Å². The highest BCUT2D eigenvalue weighted by Gasteiger charge is 2.09. The molecular formula is C19H24FN3O2. The standard InChI is InChI=1S/C19H24FN3O2/c1-3-9-23(4-2)18-8-6-15(12-21-18)19(25)22-11-14-5-7-17(20)16(10-14)13-24/h5-8,10,12,24H,3-4,9,11,13H2,1-2H3,(H,22,25). The quantitative estimate of drug-likeness (QED) is 0.772. The molecular weight excluding hydrogens is 321 g/mol. The number of hydrogen-bond acceptors (Lipinski definition) is 4. The molecule has 0 radical (unpaired) electrons. The van der Waals surface area contributed by atoms with E-state index in [0.29, 0.717) is 5.56 Å². The van der Waals surface area contributed by atoms with Crippen LogP contribution in [0.25, 0.3) is 0 Å². The number of pyridine rings is 1. The first-order valence-corrected chi connectivity index (χ1v) is 8.46. The SMILES string of the molecule is CCCN(CC)c1ccc(C(=O)NCc2ccc(F)c(CO)c2)cn1. The molecule has 0 atom stereocenters. The molecule has 0 saturated carbocycles. The lowest BCUT2D eigenvalue weighted by atomic mass is 10.1. The molecule has 25 heavy (non-hydrogen) atoms. The number of aliphatic hydroxyl groups is 1. The van der Waals surface area contributed by atoms with Crippen molar-refractivity contribution in [3.8, 4) is 0 Å². The Kier molecular flexibility index (Phi) is 6.89. The van der Waals surface area contributed by atoms with E-state index in [1.807, 2.05) is 6.07 Å². The van der Waals surface area contributed by atoms with Crippen molar-refractivity contribution < 1.29 is 14.3 Å². The number of aliphatic hydroxyl groups excluding tert-OH is 1. The Morgan fingerprint density at radius 2 is 2.08 bits per heavy atom. The summed E-state index contributed by atoms with van der Waals surface area (Å²) in [6.07, 6.45) is 2.60. The number of benzene rings is 1. The third-order valence-corrected chi connectivity index (χ3v) is 3.94. The number of nitrogens with zero attached hydrogens (tertiary/aromatic N) is 2. The zero-order valence-corrected chi connectivity index (χ0v) is 14.6. The van der Waals surface area contributed by atoms with Gasteiger partial charge in [0.2, 0.25) is 0 Å². The van der Waals surface area contributed by atoms with Crippen molar-refractivity contribution in [3.05, 3.63) is 59.0 Å². The van der Waals surface area contributed by atoms with Crippen LogP contribution in [0.3, 0.4) is 0 Å². The molecule has 0 aliphatic heterocycles. The van der Waals surface area contributed by atoms with Gasteiger partial charge in [0.25, 0.3) is 5.91 Å². The van der Waals surface area contributed by atoms with E-state index < -0.39 is 5.82 Å². The third-order valence-electron chi connectivity index (χ3n) is 3.94. The molecule has 6 heteroatoms. The maximum atomic E-state index is 13.4. The minimum atomic E-state index is -0.454. The molecule has 5 nitrogen and oxygen atoms in total. The molecule has 134 valence electrons. The number of aromatic nitrogens is 1. The molecule has 0 aliphatic carbocycles. The van der Waals surface area contributed by atoms with Gasteiger partial charge >= 0.3 is 0 Å². The highest BCUT2D eigenvalue weighted by Crippen LogP contribution is 2.13. The van der Waals surface area contributed by atoms with Crippen LogP contribution in [-0.4, -0.2) is 29.1 Å². The topological polar surface area (TPSA) is 65.5 Å². The number of amides is 1. The van der Waals surface area contributed by atoms with Gasteiger partial charge in [-0.05, 0) is 43.2 Å². The second-order valence-electron chi connectivity index (χ2n) is 5.75. The fraction of sp³-hybridized carbons (Fsp3) is 0.368. The molecule has 1 amide bonds. The van der Waals surface area contributed by atoms with Crippen molar-refractivity contribution >= 4 is 11.7 Å². The molecule has 2 aromatic rings. The molecule has 2 rings (SSSR count). The summed E-state index contributed by atoms with van der Waals surface area (Å²) in [6, 6.07) is 8.01. The van der Waals surface area contributed by atoms with Crippen LogP contribution in [0.15, 0.2) is 36.5 Å². The second-order valence-corrected chi connectivity index (χ2v) is 5.75. The number of rotatable bonds is 8. The van der Waals surface area contributed by atoms with Crippen LogP contribution in [0.5, 0.6) is 0 Å². The third kappa shape index (κ3) is 5.00. The predicted octanol–water partition coefficient (Wildman–Crippen LogP) is 2.88. The Hall–Kier alpha value is -2.47. The molecule has 1 heterocycles. The van der Waals surface area contributed by atoms with E-state index in [9.17, 15) is 9.18 Å². The smallest absolute Gasteiger partial charge is 0.253 e. The summed E-state index contributed by atoms with van der Waals surface area (Å²) in [7, 11) is 0. The van der Waals surface area contributed by atoms with E-state index in [2.05, 4.69) is 29.0 Å². The highest BCUT2D eigenvalue weighted by molar-refractivity contribution is 5.94. The summed E-state index contributed by atoms with van der Waals surface area (Å²) in [5.41, 5.74) is 1.41. The fourth-order valence-corrected chi connectivity index (χ4v) is 2.56. The second kappa shape index (κ2) is 9.13. The molecule has 0 unspecified atom stereocenters. The van der Waals surface area contributed by atoms with Gasteiger partial charge in [0.1, 0.15) is 11.6 Å². The first kappa shape index (κ1) is 18.9. The minimum absolute atomic E-state index is 0.216. The van der Waals surface area contributed by atoms with E-state index in [-0.39, 0.29) is 24.6 Å². The molecule has 0 saturated heterocycles. The summed E-state index contributed by atoms with van der Waals surface area (Å²) >= 11 is 0. The summed E-state index contributed by atoms with van der Waals surface area (Å²) in [6.45, 7) is 5.86. The monoisotopic (exact) mass is 345 g/mol. The summed E-state index contributed by atoms with van der Waals surface area (Å²) in [4.78, 5) is 18.7. The molecule has 1 aromatic carbocycles. The van der Waals surface area contributed by atoms with Crippen LogP contribution >= 0.6 is 0 Å². The summed E-state index contributed by atoms with van der Waals surface area (Å²) in [5, 5.41) is 11.9. The molecule has 0 aliphatic rings. The minimum Gasteiger partial charge on any atom is -0.392 e. The molecule has 1 aromatic heterocycles. The zero-order chi connectivity index (χ0) is 18.2. The summed E-state index contributed by atoms with van der Waals surface area (Å²) < 4.78 is 13.4. The van der Waals surface area contributed by atoms with E-state index >= 15 is 0 Å². The number of nitrogens with one attached hydrogen (secondary N) is 1. The van der Waals surface area contributed by atoms with Gasteiger partial charge in [0.15, 0.2) is 0 Å². The first-order chi connectivity index (χ1) is 12.1. The van der Waals surface area contributed by atoms with E-state index in [4.69, 9.17) is 5.11 Å². The van der Waals surface area contributed by atoms with Crippen molar-refractivity contribution in [2.45, 2.75) is 33.4 Å². The average molecular weight is 345 g/mol. The van der Waals surface area contributed by atoms with Gasteiger partial charge in [-0.15, -0.1) is 0 Å². The maximum absolute atomic E-state index is 13.4. The number of carbonyl (C=O) groups is 1. The van der Waals surface area contributed by atoms with Crippen molar-refractivity contribution in [1.82, 2.24) is 10.3 Å². The number of carbonyl (C=O) groups excluding carboxylic acids is 1. The maximum Gasteiger partial charge on any atom is 0.253 e.